The smallest absolute Gasteiger partial charge is 0.183 e. The van der Waals surface area contributed by atoms with Crippen molar-refractivity contribution >= 4 is 26.7 Å². The van der Waals surface area contributed by atoms with E-state index in [2.05, 4.69) is 28.5 Å². The normalized spacial score (nSPS) is 10.7. The predicted molar refractivity (Wildman–Crippen MR) is 84.8 cm³/mol. The Hall–Kier alpha value is -2.07. The number of nitrogens with one attached hydrogen (secondary N) is 1. The maximum atomic E-state index is 5.15. The zero-order valence-corrected chi connectivity index (χ0v) is 12.1. The highest BCUT2D eigenvalue weighted by Gasteiger charge is 2.02. The number of hydrogen-bond donors (Lipinski definition) is 1. The first kappa shape index (κ1) is 12.9. The van der Waals surface area contributed by atoms with Crippen molar-refractivity contribution in [2.45, 2.75) is 6.42 Å². The summed E-state index contributed by atoms with van der Waals surface area (Å²) in [6, 6.07) is 16.4. The number of rotatable bonds is 5. The molecular formula is C16H16N2OS. The zero-order chi connectivity index (χ0) is 13.8. The highest BCUT2D eigenvalue weighted by Crippen LogP contribution is 2.25. The number of anilines is 1. The minimum Gasteiger partial charge on any atom is -0.497 e. The second-order valence-corrected chi connectivity index (χ2v) is 5.54. The van der Waals surface area contributed by atoms with E-state index in [1.807, 2.05) is 30.3 Å². The van der Waals surface area contributed by atoms with Gasteiger partial charge in [0.1, 0.15) is 5.75 Å². The van der Waals surface area contributed by atoms with Crippen LogP contribution in [0.1, 0.15) is 5.56 Å². The topological polar surface area (TPSA) is 34.1 Å². The van der Waals surface area contributed by atoms with Gasteiger partial charge in [-0.3, -0.25) is 0 Å². The Morgan fingerprint density at radius 2 is 1.90 bits per heavy atom. The van der Waals surface area contributed by atoms with E-state index in [1.54, 1.807) is 18.4 Å². The van der Waals surface area contributed by atoms with Crippen molar-refractivity contribution < 1.29 is 4.74 Å². The van der Waals surface area contributed by atoms with Crippen LogP contribution in [0.15, 0.2) is 48.5 Å². The molecule has 0 atom stereocenters. The van der Waals surface area contributed by atoms with Gasteiger partial charge in [-0.25, -0.2) is 4.98 Å². The first-order valence-corrected chi connectivity index (χ1v) is 7.39. The van der Waals surface area contributed by atoms with Crippen LogP contribution < -0.4 is 10.1 Å². The molecule has 0 unspecified atom stereocenters. The lowest BCUT2D eigenvalue weighted by Gasteiger charge is -2.04. The summed E-state index contributed by atoms with van der Waals surface area (Å²) in [6.07, 6.45) is 0.972. The average Bonchev–Trinajstić information content (AvgIpc) is 2.90. The van der Waals surface area contributed by atoms with E-state index < -0.39 is 0 Å². The predicted octanol–water partition coefficient (Wildman–Crippen LogP) is 3.96. The van der Waals surface area contributed by atoms with E-state index in [9.17, 15) is 0 Å². The number of methoxy groups -OCH3 is 1. The van der Waals surface area contributed by atoms with Crippen molar-refractivity contribution in [1.29, 1.82) is 0 Å². The highest BCUT2D eigenvalue weighted by atomic mass is 32.1. The van der Waals surface area contributed by atoms with Crippen LogP contribution >= 0.6 is 11.3 Å². The Kier molecular flexibility index (Phi) is 3.83. The number of ether oxygens (including phenoxy) is 1. The van der Waals surface area contributed by atoms with Crippen LogP contribution in [0.25, 0.3) is 10.2 Å². The molecule has 3 nitrogen and oxygen atoms in total. The van der Waals surface area contributed by atoms with Gasteiger partial charge in [0.2, 0.25) is 0 Å². The van der Waals surface area contributed by atoms with E-state index in [0.717, 1.165) is 29.4 Å². The second kappa shape index (κ2) is 5.92. The van der Waals surface area contributed by atoms with Crippen LogP contribution in [0.2, 0.25) is 0 Å². The Balaban J connectivity index is 1.58. The van der Waals surface area contributed by atoms with E-state index >= 15 is 0 Å². The fraction of sp³-hybridized carbons (Fsp3) is 0.188. The lowest BCUT2D eigenvalue weighted by molar-refractivity contribution is 0.414. The molecule has 102 valence electrons. The van der Waals surface area contributed by atoms with Crippen molar-refractivity contribution in [3.8, 4) is 5.75 Å². The van der Waals surface area contributed by atoms with Gasteiger partial charge in [0.15, 0.2) is 5.13 Å². The van der Waals surface area contributed by atoms with E-state index in [0.29, 0.717) is 0 Å². The molecule has 0 aliphatic carbocycles. The SMILES string of the molecule is COc1ccc(CCNc2nc3ccccc3s2)cc1. The molecule has 0 saturated heterocycles. The quantitative estimate of drug-likeness (QED) is 0.770. The van der Waals surface area contributed by atoms with Crippen LogP contribution in [0, 0.1) is 0 Å². The Morgan fingerprint density at radius 3 is 2.65 bits per heavy atom. The third kappa shape index (κ3) is 2.91. The number of fused-ring (bicyclic) bond motifs is 1. The second-order valence-electron chi connectivity index (χ2n) is 4.51. The molecule has 0 aliphatic heterocycles. The molecule has 1 heterocycles. The summed E-state index contributed by atoms with van der Waals surface area (Å²) < 4.78 is 6.37. The van der Waals surface area contributed by atoms with Crippen LogP contribution in [-0.4, -0.2) is 18.6 Å². The average molecular weight is 284 g/mol. The molecule has 0 amide bonds. The molecule has 0 spiro atoms. The van der Waals surface area contributed by atoms with Crippen molar-refractivity contribution in [1.82, 2.24) is 4.98 Å². The first-order valence-electron chi connectivity index (χ1n) is 6.57. The summed E-state index contributed by atoms with van der Waals surface area (Å²) in [6.45, 7) is 0.881. The lowest BCUT2D eigenvalue weighted by atomic mass is 10.1. The first-order chi connectivity index (χ1) is 9.85. The molecule has 3 rings (SSSR count). The lowest BCUT2D eigenvalue weighted by Crippen LogP contribution is -2.04. The highest BCUT2D eigenvalue weighted by molar-refractivity contribution is 7.22. The minimum absolute atomic E-state index is 0.881. The van der Waals surface area contributed by atoms with E-state index in [1.165, 1.54) is 10.3 Å². The maximum absolute atomic E-state index is 5.15. The summed E-state index contributed by atoms with van der Waals surface area (Å²) in [5, 5.41) is 4.37. The maximum Gasteiger partial charge on any atom is 0.183 e. The van der Waals surface area contributed by atoms with Gasteiger partial charge in [-0.05, 0) is 36.2 Å². The molecule has 0 saturated carbocycles. The Morgan fingerprint density at radius 1 is 1.10 bits per heavy atom. The molecular weight excluding hydrogens is 268 g/mol. The van der Waals surface area contributed by atoms with Gasteiger partial charge in [0, 0.05) is 6.54 Å². The van der Waals surface area contributed by atoms with Crippen LogP contribution in [0.3, 0.4) is 0 Å². The number of hydrogen-bond acceptors (Lipinski definition) is 4. The standard InChI is InChI=1S/C16H16N2OS/c1-19-13-8-6-12(7-9-13)10-11-17-16-18-14-4-2-3-5-15(14)20-16/h2-9H,10-11H2,1H3,(H,17,18). The molecule has 1 N–H and O–H groups in total. The van der Waals surface area contributed by atoms with Crippen LogP contribution in [0.4, 0.5) is 5.13 Å². The summed E-state index contributed by atoms with van der Waals surface area (Å²) in [5.41, 5.74) is 2.35. The summed E-state index contributed by atoms with van der Waals surface area (Å²) in [4.78, 5) is 4.56. The Labute approximate surface area is 122 Å². The molecule has 0 aliphatic rings. The monoisotopic (exact) mass is 284 g/mol. The number of thiazole rings is 1. The molecule has 2 aromatic carbocycles. The van der Waals surface area contributed by atoms with Gasteiger partial charge in [0.25, 0.3) is 0 Å². The van der Waals surface area contributed by atoms with Crippen molar-refractivity contribution in [3.05, 3.63) is 54.1 Å². The molecule has 20 heavy (non-hydrogen) atoms. The third-order valence-corrected chi connectivity index (χ3v) is 4.14. The van der Waals surface area contributed by atoms with Gasteiger partial charge in [-0.2, -0.15) is 0 Å². The third-order valence-electron chi connectivity index (χ3n) is 3.14. The van der Waals surface area contributed by atoms with Gasteiger partial charge in [-0.15, -0.1) is 0 Å². The number of aromatic nitrogens is 1. The molecule has 1 aromatic heterocycles. The van der Waals surface area contributed by atoms with Gasteiger partial charge in [-0.1, -0.05) is 35.6 Å². The van der Waals surface area contributed by atoms with Crippen molar-refractivity contribution in [2.24, 2.45) is 0 Å². The largest absolute Gasteiger partial charge is 0.497 e. The molecule has 0 bridgehead atoms. The molecule has 0 radical (unpaired) electrons. The van der Waals surface area contributed by atoms with Gasteiger partial charge < -0.3 is 10.1 Å². The molecule has 0 fully saturated rings. The molecule has 3 aromatic rings. The van der Waals surface area contributed by atoms with E-state index in [4.69, 9.17) is 4.74 Å². The minimum atomic E-state index is 0.881. The summed E-state index contributed by atoms with van der Waals surface area (Å²) in [7, 11) is 1.68. The van der Waals surface area contributed by atoms with Crippen molar-refractivity contribution in [3.63, 3.8) is 0 Å². The fourth-order valence-electron chi connectivity index (χ4n) is 2.05. The zero-order valence-electron chi connectivity index (χ0n) is 11.3. The number of nitrogens with zero attached hydrogens (tertiary/aromatic N) is 1. The summed E-state index contributed by atoms with van der Waals surface area (Å²) in [5.74, 6) is 0.896. The number of para-hydroxylation sites is 1. The fourth-order valence-corrected chi connectivity index (χ4v) is 2.95. The summed E-state index contributed by atoms with van der Waals surface area (Å²) >= 11 is 1.70. The number of benzene rings is 2. The van der Waals surface area contributed by atoms with Gasteiger partial charge in [0.05, 0.1) is 17.3 Å². The van der Waals surface area contributed by atoms with Crippen molar-refractivity contribution in [2.75, 3.05) is 19.0 Å². The van der Waals surface area contributed by atoms with E-state index in [-0.39, 0.29) is 0 Å². The van der Waals surface area contributed by atoms with Gasteiger partial charge >= 0.3 is 0 Å². The van der Waals surface area contributed by atoms with Crippen LogP contribution in [-0.2, 0) is 6.42 Å². The molecule has 4 heteroatoms. The Bertz CT molecular complexity index is 658. The van der Waals surface area contributed by atoms with Crippen LogP contribution in [0.5, 0.6) is 5.75 Å².